The Morgan fingerprint density at radius 1 is 1.31 bits per heavy atom. The number of amides is 3. The summed E-state index contributed by atoms with van der Waals surface area (Å²) in [4.78, 5) is 35.6. The molecule has 7 nitrogen and oxygen atoms in total. The molecule has 0 aromatic heterocycles. The molecule has 0 aromatic rings. The van der Waals surface area contributed by atoms with E-state index in [4.69, 9.17) is 5.11 Å². The molecule has 2 N–H and O–H groups in total. The van der Waals surface area contributed by atoms with E-state index in [1.165, 1.54) is 11.8 Å². The van der Waals surface area contributed by atoms with Crippen LogP contribution >= 0.6 is 0 Å². The number of nitrogens with one attached hydrogen (secondary N) is 1. The van der Waals surface area contributed by atoms with Gasteiger partial charge in [0.25, 0.3) is 0 Å². The van der Waals surface area contributed by atoms with Gasteiger partial charge < -0.3 is 20.2 Å². The Morgan fingerprint density at radius 3 is 2.31 bits per heavy atom. The lowest BCUT2D eigenvalue weighted by atomic mass is 10.3. The highest BCUT2D eigenvalue weighted by atomic mass is 16.4. The van der Waals surface area contributed by atoms with E-state index in [1.54, 1.807) is 4.90 Å². The molecule has 16 heavy (non-hydrogen) atoms. The van der Waals surface area contributed by atoms with Crippen molar-refractivity contribution in [3.05, 3.63) is 0 Å². The normalized spacial score (nSPS) is 17.8. The number of piperazine rings is 1. The number of carbonyl (C=O) groups is 3. The minimum atomic E-state index is -1.07. The fourth-order valence-corrected chi connectivity index (χ4v) is 1.37. The maximum atomic E-state index is 11.6. The molecule has 1 heterocycles. The standard InChI is InChI=1S/C9H15N3O4/c1-7(8(14)15)10-9(16)12-4-2-11(6-13)3-5-12/h6-7H,2-5H2,1H3,(H,10,16)(H,14,15)/t7-/m0/s1. The zero-order valence-corrected chi connectivity index (χ0v) is 9.05. The first-order valence-electron chi connectivity index (χ1n) is 5.02. The highest BCUT2D eigenvalue weighted by molar-refractivity contribution is 5.82. The van der Waals surface area contributed by atoms with E-state index in [2.05, 4.69) is 5.32 Å². The van der Waals surface area contributed by atoms with Crippen LogP contribution in [0.5, 0.6) is 0 Å². The largest absolute Gasteiger partial charge is 0.480 e. The molecule has 0 unspecified atom stereocenters. The lowest BCUT2D eigenvalue weighted by molar-refractivity contribution is -0.138. The summed E-state index contributed by atoms with van der Waals surface area (Å²) in [5.41, 5.74) is 0. The number of hydrogen-bond donors (Lipinski definition) is 2. The van der Waals surface area contributed by atoms with E-state index in [9.17, 15) is 14.4 Å². The van der Waals surface area contributed by atoms with Crippen LogP contribution in [0.3, 0.4) is 0 Å². The maximum absolute atomic E-state index is 11.6. The minimum Gasteiger partial charge on any atom is -0.480 e. The average Bonchev–Trinajstić information content (AvgIpc) is 2.28. The third kappa shape index (κ3) is 3.11. The molecule has 90 valence electrons. The van der Waals surface area contributed by atoms with Gasteiger partial charge in [0.15, 0.2) is 0 Å². The Morgan fingerprint density at radius 2 is 1.88 bits per heavy atom. The molecule has 3 amide bonds. The Balaban J connectivity index is 2.39. The first kappa shape index (κ1) is 12.3. The average molecular weight is 229 g/mol. The summed E-state index contributed by atoms with van der Waals surface area (Å²) < 4.78 is 0. The second-order valence-corrected chi connectivity index (χ2v) is 3.64. The molecule has 1 aliphatic rings. The topological polar surface area (TPSA) is 90.0 Å². The van der Waals surface area contributed by atoms with E-state index in [1.807, 2.05) is 0 Å². The monoisotopic (exact) mass is 229 g/mol. The first-order valence-corrected chi connectivity index (χ1v) is 5.02. The van der Waals surface area contributed by atoms with Gasteiger partial charge in [0, 0.05) is 26.2 Å². The van der Waals surface area contributed by atoms with Crippen molar-refractivity contribution in [2.45, 2.75) is 13.0 Å². The van der Waals surface area contributed by atoms with Gasteiger partial charge in [-0.3, -0.25) is 9.59 Å². The number of rotatable bonds is 3. The number of urea groups is 1. The van der Waals surface area contributed by atoms with Crippen molar-refractivity contribution < 1.29 is 19.5 Å². The summed E-state index contributed by atoms with van der Waals surface area (Å²) in [6.45, 7) is 3.23. The Labute approximate surface area is 93.0 Å². The molecule has 0 radical (unpaired) electrons. The number of carbonyl (C=O) groups excluding carboxylic acids is 2. The molecule has 0 aliphatic carbocycles. The van der Waals surface area contributed by atoms with Crippen LogP contribution in [0.15, 0.2) is 0 Å². The van der Waals surface area contributed by atoms with E-state index >= 15 is 0 Å². The predicted octanol–water partition coefficient (Wildman–Crippen LogP) is -1.06. The smallest absolute Gasteiger partial charge is 0.325 e. The second-order valence-electron chi connectivity index (χ2n) is 3.64. The van der Waals surface area contributed by atoms with Crippen LogP contribution in [0.1, 0.15) is 6.92 Å². The zero-order valence-electron chi connectivity index (χ0n) is 9.05. The van der Waals surface area contributed by atoms with E-state index in [0.29, 0.717) is 26.2 Å². The first-order chi connectivity index (χ1) is 7.54. The number of carboxylic acid groups (broad SMARTS) is 1. The van der Waals surface area contributed by atoms with Crippen molar-refractivity contribution in [3.8, 4) is 0 Å². The zero-order chi connectivity index (χ0) is 12.1. The maximum Gasteiger partial charge on any atom is 0.325 e. The van der Waals surface area contributed by atoms with Crippen molar-refractivity contribution in [1.29, 1.82) is 0 Å². The SMILES string of the molecule is C[C@H](NC(=O)N1CCN(C=O)CC1)C(=O)O. The fraction of sp³-hybridized carbons (Fsp3) is 0.667. The number of carboxylic acids is 1. The van der Waals surface area contributed by atoms with Crippen LogP contribution in [0.25, 0.3) is 0 Å². The van der Waals surface area contributed by atoms with Gasteiger partial charge in [-0.1, -0.05) is 0 Å². The van der Waals surface area contributed by atoms with Gasteiger partial charge in [-0.25, -0.2) is 4.79 Å². The summed E-state index contributed by atoms with van der Waals surface area (Å²) in [7, 11) is 0. The van der Waals surface area contributed by atoms with Gasteiger partial charge >= 0.3 is 12.0 Å². The third-order valence-electron chi connectivity index (χ3n) is 2.46. The summed E-state index contributed by atoms with van der Waals surface area (Å²) in [6, 6.07) is -1.31. The quantitative estimate of drug-likeness (QED) is 0.604. The molecule has 1 saturated heterocycles. The van der Waals surface area contributed by atoms with Crippen LogP contribution in [-0.4, -0.2) is 65.5 Å². The number of nitrogens with zero attached hydrogens (tertiary/aromatic N) is 2. The van der Waals surface area contributed by atoms with Gasteiger partial charge in [0.2, 0.25) is 6.41 Å². The molecule has 0 spiro atoms. The van der Waals surface area contributed by atoms with Crippen molar-refractivity contribution >= 4 is 18.4 Å². The van der Waals surface area contributed by atoms with Crippen molar-refractivity contribution in [1.82, 2.24) is 15.1 Å². The number of aliphatic carboxylic acids is 1. The third-order valence-corrected chi connectivity index (χ3v) is 2.46. The fourth-order valence-electron chi connectivity index (χ4n) is 1.37. The van der Waals surface area contributed by atoms with E-state index in [-0.39, 0.29) is 0 Å². The summed E-state index contributed by atoms with van der Waals surface area (Å²) >= 11 is 0. The van der Waals surface area contributed by atoms with Crippen LogP contribution in [0, 0.1) is 0 Å². The van der Waals surface area contributed by atoms with Gasteiger partial charge in [0.05, 0.1) is 0 Å². The van der Waals surface area contributed by atoms with E-state index in [0.717, 1.165) is 6.41 Å². The Hall–Kier alpha value is -1.79. The van der Waals surface area contributed by atoms with Crippen molar-refractivity contribution in [3.63, 3.8) is 0 Å². The van der Waals surface area contributed by atoms with Crippen LogP contribution in [-0.2, 0) is 9.59 Å². The summed E-state index contributed by atoms with van der Waals surface area (Å²) in [5.74, 6) is -1.07. The summed E-state index contributed by atoms with van der Waals surface area (Å²) in [6.07, 6.45) is 0.745. The molecular weight excluding hydrogens is 214 g/mol. The second kappa shape index (κ2) is 5.34. The van der Waals surface area contributed by atoms with Crippen molar-refractivity contribution in [2.24, 2.45) is 0 Å². The molecule has 0 bridgehead atoms. The lowest BCUT2D eigenvalue weighted by Crippen LogP contribution is -2.53. The lowest BCUT2D eigenvalue weighted by Gasteiger charge is -2.32. The Kier molecular flexibility index (Phi) is 4.10. The van der Waals surface area contributed by atoms with Crippen LogP contribution in [0.4, 0.5) is 4.79 Å². The molecule has 1 atom stereocenters. The van der Waals surface area contributed by atoms with Gasteiger partial charge in [-0.15, -0.1) is 0 Å². The minimum absolute atomic E-state index is 0.402. The molecule has 1 fully saturated rings. The van der Waals surface area contributed by atoms with E-state index < -0.39 is 18.0 Å². The van der Waals surface area contributed by atoms with Gasteiger partial charge in [-0.2, -0.15) is 0 Å². The van der Waals surface area contributed by atoms with Gasteiger partial charge in [-0.05, 0) is 6.92 Å². The molecule has 7 heteroatoms. The predicted molar refractivity (Wildman–Crippen MR) is 54.8 cm³/mol. The molecule has 0 saturated carbocycles. The highest BCUT2D eigenvalue weighted by Crippen LogP contribution is 2.00. The molecule has 1 aliphatic heterocycles. The highest BCUT2D eigenvalue weighted by Gasteiger charge is 2.22. The van der Waals surface area contributed by atoms with Crippen LogP contribution < -0.4 is 5.32 Å². The Bertz CT molecular complexity index is 286. The number of hydrogen-bond acceptors (Lipinski definition) is 3. The summed E-state index contributed by atoms with van der Waals surface area (Å²) in [5, 5.41) is 11.0. The van der Waals surface area contributed by atoms with Crippen molar-refractivity contribution in [2.75, 3.05) is 26.2 Å². The molecule has 0 aromatic carbocycles. The van der Waals surface area contributed by atoms with Crippen LogP contribution in [0.2, 0.25) is 0 Å². The molecular formula is C9H15N3O4. The van der Waals surface area contributed by atoms with Gasteiger partial charge in [0.1, 0.15) is 6.04 Å². The molecule has 1 rings (SSSR count).